The quantitative estimate of drug-likeness (QED) is 0.676. The molecule has 4 N–H and O–H groups in total. The summed E-state index contributed by atoms with van der Waals surface area (Å²) in [5.41, 5.74) is 17.3. The maximum absolute atomic E-state index is 5.94. The van der Waals surface area contributed by atoms with Crippen LogP contribution in [0.15, 0.2) is 42.5 Å². The Bertz CT molecular complexity index is 1060. The molecule has 5 nitrogen and oxygen atoms in total. The Morgan fingerprint density at radius 3 is 2.43 bits per heavy atom. The molecule has 3 aromatic rings. The highest BCUT2D eigenvalue weighted by atomic mass is 16.5. The second kappa shape index (κ2) is 8.01. The number of nitrogens with zero attached hydrogens (tertiary/aromatic N) is 2. The molecule has 2 aromatic carbocycles. The number of aromatic nitrogens is 2. The van der Waals surface area contributed by atoms with Gasteiger partial charge in [-0.05, 0) is 43.5 Å². The Labute approximate surface area is 165 Å². The van der Waals surface area contributed by atoms with E-state index in [0.717, 1.165) is 22.4 Å². The average Bonchev–Trinajstić information content (AvgIpc) is 2.67. The van der Waals surface area contributed by atoms with Crippen molar-refractivity contribution in [3.63, 3.8) is 0 Å². The Balaban J connectivity index is 1.95. The monoisotopic (exact) mass is 372 g/mol. The minimum atomic E-state index is -0.0174. The first-order valence-corrected chi connectivity index (χ1v) is 9.05. The van der Waals surface area contributed by atoms with E-state index < -0.39 is 0 Å². The molecule has 0 saturated carbocycles. The van der Waals surface area contributed by atoms with Gasteiger partial charge in [0.05, 0.1) is 18.4 Å². The van der Waals surface area contributed by atoms with Crippen LogP contribution in [-0.4, -0.2) is 17.1 Å². The van der Waals surface area contributed by atoms with Crippen LogP contribution in [0.5, 0.6) is 5.75 Å². The third-order valence-electron chi connectivity index (χ3n) is 4.71. The first-order valence-electron chi connectivity index (χ1n) is 9.05. The van der Waals surface area contributed by atoms with Crippen molar-refractivity contribution < 1.29 is 4.74 Å². The number of nitrogen functional groups attached to an aromatic ring is 2. The van der Waals surface area contributed by atoms with Crippen molar-refractivity contribution in [2.45, 2.75) is 26.7 Å². The van der Waals surface area contributed by atoms with Crippen LogP contribution in [0.3, 0.4) is 0 Å². The number of nitrogens with two attached hydrogens (primary N) is 2. The van der Waals surface area contributed by atoms with Gasteiger partial charge in [0.25, 0.3) is 0 Å². The zero-order valence-electron chi connectivity index (χ0n) is 16.6. The van der Waals surface area contributed by atoms with Crippen molar-refractivity contribution in [3.8, 4) is 28.7 Å². The van der Waals surface area contributed by atoms with E-state index in [9.17, 15) is 0 Å². The molecule has 0 radical (unpaired) electrons. The second-order valence-electron chi connectivity index (χ2n) is 6.69. The molecule has 5 heteroatoms. The van der Waals surface area contributed by atoms with E-state index in [-0.39, 0.29) is 11.9 Å². The van der Waals surface area contributed by atoms with Crippen molar-refractivity contribution >= 4 is 11.8 Å². The topological polar surface area (TPSA) is 87.0 Å². The first-order chi connectivity index (χ1) is 13.4. The number of hydrogen-bond donors (Lipinski definition) is 2. The maximum atomic E-state index is 5.94. The molecule has 3 rings (SSSR count). The summed E-state index contributed by atoms with van der Waals surface area (Å²) in [6.07, 6.45) is 0. The van der Waals surface area contributed by atoms with Crippen LogP contribution in [0.25, 0.3) is 11.1 Å². The van der Waals surface area contributed by atoms with Gasteiger partial charge >= 0.3 is 0 Å². The molecule has 0 fully saturated rings. The summed E-state index contributed by atoms with van der Waals surface area (Å²) in [7, 11) is 1.69. The molecule has 0 aliphatic rings. The molecule has 0 saturated heterocycles. The molecule has 28 heavy (non-hydrogen) atoms. The van der Waals surface area contributed by atoms with Crippen molar-refractivity contribution in [2.24, 2.45) is 0 Å². The Morgan fingerprint density at radius 1 is 1.00 bits per heavy atom. The highest BCUT2D eigenvalue weighted by Crippen LogP contribution is 2.34. The number of anilines is 2. The normalized spacial score (nSPS) is 11.4. The molecule has 1 heterocycles. The van der Waals surface area contributed by atoms with Crippen LogP contribution in [0.2, 0.25) is 0 Å². The standard InChI is InChI=1S/C23H24N4O/c1-14(9-11-19-16(3)26-23(25)27-22(19)24)17-10-12-20(21(13-17)28-4)18-8-6-5-7-15(18)2/h5-8,10,12-14H,1-4H3,(H4,24,25,26,27). The Hall–Kier alpha value is -3.52. The van der Waals surface area contributed by atoms with E-state index in [1.165, 1.54) is 5.56 Å². The van der Waals surface area contributed by atoms with Crippen molar-refractivity contribution in [1.82, 2.24) is 9.97 Å². The minimum Gasteiger partial charge on any atom is -0.496 e. The predicted octanol–water partition coefficient (Wildman–Crippen LogP) is 4.09. The van der Waals surface area contributed by atoms with E-state index in [0.29, 0.717) is 17.1 Å². The molecule has 1 aromatic heterocycles. The van der Waals surface area contributed by atoms with Gasteiger partial charge in [-0.25, -0.2) is 4.98 Å². The first kappa shape index (κ1) is 19.2. The van der Waals surface area contributed by atoms with E-state index in [2.05, 4.69) is 53.0 Å². The van der Waals surface area contributed by atoms with E-state index in [4.69, 9.17) is 16.2 Å². The van der Waals surface area contributed by atoms with E-state index in [1.54, 1.807) is 7.11 Å². The molecule has 0 aliphatic carbocycles. The predicted molar refractivity (Wildman–Crippen MR) is 114 cm³/mol. The highest BCUT2D eigenvalue weighted by Gasteiger charge is 2.12. The van der Waals surface area contributed by atoms with Gasteiger partial charge in [-0.3, -0.25) is 0 Å². The van der Waals surface area contributed by atoms with Crippen molar-refractivity contribution in [3.05, 3.63) is 64.8 Å². The summed E-state index contributed by atoms with van der Waals surface area (Å²) in [6.45, 7) is 5.96. The lowest BCUT2D eigenvalue weighted by molar-refractivity contribution is 0.416. The van der Waals surface area contributed by atoms with E-state index in [1.807, 2.05) is 32.0 Å². The van der Waals surface area contributed by atoms with Crippen molar-refractivity contribution in [2.75, 3.05) is 18.6 Å². The lowest BCUT2D eigenvalue weighted by Gasteiger charge is -2.14. The lowest BCUT2D eigenvalue weighted by Crippen LogP contribution is -2.05. The zero-order valence-corrected chi connectivity index (χ0v) is 16.6. The summed E-state index contributed by atoms with van der Waals surface area (Å²) in [5, 5.41) is 0. The summed E-state index contributed by atoms with van der Waals surface area (Å²) in [4.78, 5) is 8.12. The molecule has 142 valence electrons. The molecule has 1 atom stereocenters. The molecule has 0 bridgehead atoms. The minimum absolute atomic E-state index is 0.0174. The van der Waals surface area contributed by atoms with Gasteiger partial charge in [-0.1, -0.05) is 48.2 Å². The molecular formula is C23H24N4O. The molecule has 0 aliphatic heterocycles. The maximum Gasteiger partial charge on any atom is 0.222 e. The fourth-order valence-corrected chi connectivity index (χ4v) is 3.11. The summed E-state index contributed by atoms with van der Waals surface area (Å²) in [5.74, 6) is 7.60. The largest absolute Gasteiger partial charge is 0.496 e. The fourth-order valence-electron chi connectivity index (χ4n) is 3.11. The van der Waals surface area contributed by atoms with Crippen molar-refractivity contribution in [1.29, 1.82) is 0 Å². The average molecular weight is 372 g/mol. The van der Waals surface area contributed by atoms with Gasteiger partial charge < -0.3 is 16.2 Å². The number of benzene rings is 2. The lowest BCUT2D eigenvalue weighted by atomic mass is 9.94. The van der Waals surface area contributed by atoms with Crippen LogP contribution in [0.1, 0.15) is 35.2 Å². The van der Waals surface area contributed by atoms with Crippen LogP contribution in [-0.2, 0) is 0 Å². The highest BCUT2D eigenvalue weighted by molar-refractivity contribution is 5.74. The molecule has 1 unspecified atom stereocenters. The number of aryl methyl sites for hydroxylation is 2. The van der Waals surface area contributed by atoms with Gasteiger partial charge in [0.1, 0.15) is 11.6 Å². The van der Waals surface area contributed by atoms with Crippen LogP contribution in [0.4, 0.5) is 11.8 Å². The van der Waals surface area contributed by atoms with Crippen LogP contribution in [0, 0.1) is 25.7 Å². The summed E-state index contributed by atoms with van der Waals surface area (Å²) >= 11 is 0. The molecular weight excluding hydrogens is 348 g/mol. The Morgan fingerprint density at radius 2 is 1.75 bits per heavy atom. The smallest absolute Gasteiger partial charge is 0.222 e. The van der Waals surface area contributed by atoms with Gasteiger partial charge in [-0.2, -0.15) is 4.98 Å². The molecule has 0 amide bonds. The SMILES string of the molecule is COc1cc(C(C)C#Cc2c(C)nc(N)nc2N)ccc1-c1ccccc1C. The van der Waals surface area contributed by atoms with Gasteiger partial charge in [0, 0.05) is 11.5 Å². The number of methoxy groups -OCH3 is 1. The number of hydrogen-bond acceptors (Lipinski definition) is 5. The van der Waals surface area contributed by atoms with Gasteiger partial charge in [0.2, 0.25) is 5.95 Å². The van der Waals surface area contributed by atoms with Gasteiger partial charge in [-0.15, -0.1) is 0 Å². The zero-order chi connectivity index (χ0) is 20.3. The van der Waals surface area contributed by atoms with Crippen LogP contribution >= 0.6 is 0 Å². The van der Waals surface area contributed by atoms with E-state index >= 15 is 0 Å². The van der Waals surface area contributed by atoms with Gasteiger partial charge in [0.15, 0.2) is 0 Å². The number of rotatable bonds is 3. The second-order valence-corrected chi connectivity index (χ2v) is 6.69. The number of ether oxygens (including phenoxy) is 1. The molecule has 0 spiro atoms. The fraction of sp³-hybridized carbons (Fsp3) is 0.217. The summed E-state index contributed by atoms with van der Waals surface area (Å²) < 4.78 is 5.66. The summed E-state index contributed by atoms with van der Waals surface area (Å²) in [6, 6.07) is 14.5. The third kappa shape index (κ3) is 3.91. The van der Waals surface area contributed by atoms with Crippen LogP contribution < -0.4 is 16.2 Å². The third-order valence-corrected chi connectivity index (χ3v) is 4.71. The Kier molecular flexibility index (Phi) is 5.51.